The third-order valence-electron chi connectivity index (χ3n) is 3.46. The quantitative estimate of drug-likeness (QED) is 0.872. The second kappa shape index (κ2) is 6.80. The number of nitrogens with one attached hydrogen (secondary N) is 1. The van der Waals surface area contributed by atoms with Gasteiger partial charge in [-0.15, -0.1) is 0 Å². The third kappa shape index (κ3) is 3.66. The van der Waals surface area contributed by atoms with Crippen molar-refractivity contribution in [2.24, 2.45) is 0 Å². The number of carboxylic acid groups (broad SMARTS) is 1. The van der Waals surface area contributed by atoms with Crippen molar-refractivity contribution in [3.63, 3.8) is 0 Å². The van der Waals surface area contributed by atoms with Gasteiger partial charge >= 0.3 is 12.0 Å². The first-order valence-corrected chi connectivity index (χ1v) is 7.46. The van der Waals surface area contributed by atoms with Crippen LogP contribution in [0.5, 0.6) is 5.75 Å². The number of nitrogens with zero attached hydrogens (tertiary/aromatic N) is 1. The number of ether oxygens (including phenoxy) is 1. The van der Waals surface area contributed by atoms with Gasteiger partial charge in [0.15, 0.2) is 0 Å². The van der Waals surface area contributed by atoms with E-state index in [4.69, 9.17) is 4.74 Å². The van der Waals surface area contributed by atoms with Crippen LogP contribution in [-0.2, 0) is 4.79 Å². The van der Waals surface area contributed by atoms with E-state index in [0.29, 0.717) is 28.9 Å². The summed E-state index contributed by atoms with van der Waals surface area (Å²) in [4.78, 5) is 24.9. The lowest BCUT2D eigenvalue weighted by atomic mass is 10.0. The number of hydrogen-bond acceptors (Lipinski definition) is 3. The number of methoxy groups -OCH3 is 1. The SMILES string of the molecule is COc1ccc(Br)c(NC(=O)N2CCCCC2C(=O)O)c1. The molecule has 0 aliphatic carbocycles. The molecule has 2 N–H and O–H groups in total. The highest BCUT2D eigenvalue weighted by atomic mass is 79.9. The maximum atomic E-state index is 12.3. The monoisotopic (exact) mass is 356 g/mol. The van der Waals surface area contributed by atoms with Crippen LogP contribution in [-0.4, -0.2) is 41.7 Å². The first kappa shape index (κ1) is 15.6. The molecule has 114 valence electrons. The van der Waals surface area contributed by atoms with Crippen LogP contribution < -0.4 is 10.1 Å². The Labute approximate surface area is 131 Å². The van der Waals surface area contributed by atoms with E-state index in [1.807, 2.05) is 0 Å². The number of halogens is 1. The number of rotatable bonds is 3. The summed E-state index contributed by atoms with van der Waals surface area (Å²) in [7, 11) is 1.54. The fourth-order valence-electron chi connectivity index (χ4n) is 2.35. The normalized spacial score (nSPS) is 18.2. The first-order valence-electron chi connectivity index (χ1n) is 6.67. The topological polar surface area (TPSA) is 78.9 Å². The number of piperidine rings is 1. The van der Waals surface area contributed by atoms with Crippen LogP contribution in [0.15, 0.2) is 22.7 Å². The zero-order chi connectivity index (χ0) is 15.4. The number of hydrogen-bond donors (Lipinski definition) is 2. The number of amides is 2. The summed E-state index contributed by atoms with van der Waals surface area (Å²) in [5.74, 6) is -0.350. The summed E-state index contributed by atoms with van der Waals surface area (Å²) in [5, 5.41) is 11.9. The molecule has 0 radical (unpaired) electrons. The highest BCUT2D eigenvalue weighted by molar-refractivity contribution is 9.10. The summed E-state index contributed by atoms with van der Waals surface area (Å²) in [6.45, 7) is 0.449. The average Bonchev–Trinajstić information content (AvgIpc) is 2.49. The highest BCUT2D eigenvalue weighted by Gasteiger charge is 2.32. The summed E-state index contributed by atoms with van der Waals surface area (Å²) < 4.78 is 5.83. The smallest absolute Gasteiger partial charge is 0.326 e. The summed E-state index contributed by atoms with van der Waals surface area (Å²) in [6, 6.07) is 4.04. The molecule has 1 fully saturated rings. The summed E-state index contributed by atoms with van der Waals surface area (Å²) in [5.41, 5.74) is 0.550. The predicted molar refractivity (Wildman–Crippen MR) is 81.7 cm³/mol. The van der Waals surface area contributed by atoms with Crippen LogP contribution >= 0.6 is 15.9 Å². The molecule has 1 aromatic rings. The van der Waals surface area contributed by atoms with E-state index in [2.05, 4.69) is 21.2 Å². The van der Waals surface area contributed by atoms with E-state index in [9.17, 15) is 14.7 Å². The van der Waals surface area contributed by atoms with Gasteiger partial charge in [-0.05, 0) is 47.3 Å². The zero-order valence-electron chi connectivity index (χ0n) is 11.6. The molecule has 1 unspecified atom stereocenters. The number of urea groups is 1. The van der Waals surface area contributed by atoms with Crippen molar-refractivity contribution >= 4 is 33.6 Å². The van der Waals surface area contributed by atoms with E-state index in [1.165, 1.54) is 4.90 Å². The fourth-order valence-corrected chi connectivity index (χ4v) is 2.69. The number of anilines is 1. The standard InChI is InChI=1S/C14H17BrN2O4/c1-21-9-5-6-10(15)11(8-9)16-14(20)17-7-3-2-4-12(17)13(18)19/h5-6,8,12H,2-4,7H2,1H3,(H,16,20)(H,18,19). The van der Waals surface area contributed by atoms with Gasteiger partial charge in [-0.2, -0.15) is 0 Å². The molecule has 1 heterocycles. The van der Waals surface area contributed by atoms with Crippen LogP contribution in [0.2, 0.25) is 0 Å². The van der Waals surface area contributed by atoms with Crippen LogP contribution in [0, 0.1) is 0 Å². The van der Waals surface area contributed by atoms with Gasteiger partial charge in [-0.1, -0.05) is 0 Å². The van der Waals surface area contributed by atoms with Crippen LogP contribution in [0.4, 0.5) is 10.5 Å². The number of carbonyl (C=O) groups is 2. The molecular formula is C14H17BrN2O4. The van der Waals surface area contributed by atoms with Crippen LogP contribution in [0.3, 0.4) is 0 Å². The molecule has 1 atom stereocenters. The van der Waals surface area contributed by atoms with Crippen LogP contribution in [0.25, 0.3) is 0 Å². The molecule has 2 amide bonds. The summed E-state index contributed by atoms with van der Waals surface area (Å²) >= 11 is 3.35. The molecule has 6 nitrogen and oxygen atoms in total. The van der Waals surface area contributed by atoms with Crippen molar-refractivity contribution in [2.45, 2.75) is 25.3 Å². The lowest BCUT2D eigenvalue weighted by molar-refractivity contribution is -0.143. The van der Waals surface area contributed by atoms with E-state index >= 15 is 0 Å². The van der Waals surface area contributed by atoms with E-state index in [0.717, 1.165) is 12.8 Å². The largest absolute Gasteiger partial charge is 0.497 e. The number of benzene rings is 1. The molecule has 7 heteroatoms. The molecule has 21 heavy (non-hydrogen) atoms. The number of carboxylic acids is 1. The average molecular weight is 357 g/mol. The Bertz CT molecular complexity index is 550. The van der Waals surface area contributed by atoms with E-state index < -0.39 is 18.0 Å². The lowest BCUT2D eigenvalue weighted by Gasteiger charge is -2.33. The number of likely N-dealkylation sites (tertiary alicyclic amines) is 1. The van der Waals surface area contributed by atoms with Crippen molar-refractivity contribution in [3.8, 4) is 5.75 Å². The number of aliphatic carboxylic acids is 1. The molecule has 0 bridgehead atoms. The maximum absolute atomic E-state index is 12.3. The molecule has 1 aliphatic rings. The van der Waals surface area contributed by atoms with Crippen molar-refractivity contribution in [2.75, 3.05) is 19.0 Å². The van der Waals surface area contributed by atoms with Crippen molar-refractivity contribution in [1.82, 2.24) is 4.90 Å². The van der Waals surface area contributed by atoms with Gasteiger partial charge in [0, 0.05) is 17.1 Å². The second-order valence-electron chi connectivity index (χ2n) is 4.82. The minimum atomic E-state index is -0.963. The molecule has 0 spiro atoms. The second-order valence-corrected chi connectivity index (χ2v) is 5.67. The predicted octanol–water partition coefficient (Wildman–Crippen LogP) is 2.93. The van der Waals surface area contributed by atoms with E-state index in [-0.39, 0.29) is 0 Å². The molecule has 1 saturated heterocycles. The van der Waals surface area contributed by atoms with Gasteiger partial charge < -0.3 is 20.1 Å². The van der Waals surface area contributed by atoms with Gasteiger partial charge in [-0.25, -0.2) is 9.59 Å². The Morgan fingerprint density at radius 1 is 1.43 bits per heavy atom. The Balaban J connectivity index is 2.14. The molecule has 0 aromatic heterocycles. The van der Waals surface area contributed by atoms with Crippen LogP contribution in [0.1, 0.15) is 19.3 Å². The lowest BCUT2D eigenvalue weighted by Crippen LogP contribution is -2.49. The van der Waals surface area contributed by atoms with Gasteiger partial charge in [0.25, 0.3) is 0 Å². The molecule has 1 aliphatic heterocycles. The van der Waals surface area contributed by atoms with Gasteiger partial charge in [0.1, 0.15) is 11.8 Å². The number of carbonyl (C=O) groups excluding carboxylic acids is 1. The summed E-state index contributed by atoms with van der Waals surface area (Å²) in [6.07, 6.45) is 2.13. The van der Waals surface area contributed by atoms with Crippen molar-refractivity contribution in [3.05, 3.63) is 22.7 Å². The molecule has 2 rings (SSSR count). The Morgan fingerprint density at radius 2 is 2.19 bits per heavy atom. The maximum Gasteiger partial charge on any atom is 0.326 e. The minimum absolute atomic E-state index is 0.406. The Kier molecular flexibility index (Phi) is 5.06. The Morgan fingerprint density at radius 3 is 2.86 bits per heavy atom. The molecule has 0 saturated carbocycles. The van der Waals surface area contributed by atoms with Gasteiger partial charge in [0.05, 0.1) is 12.8 Å². The Hall–Kier alpha value is -1.76. The van der Waals surface area contributed by atoms with Gasteiger partial charge in [-0.3, -0.25) is 0 Å². The third-order valence-corrected chi connectivity index (χ3v) is 4.16. The zero-order valence-corrected chi connectivity index (χ0v) is 13.2. The molecule has 1 aromatic carbocycles. The highest BCUT2D eigenvalue weighted by Crippen LogP contribution is 2.28. The fraction of sp³-hybridized carbons (Fsp3) is 0.429. The van der Waals surface area contributed by atoms with Gasteiger partial charge in [0.2, 0.25) is 0 Å². The minimum Gasteiger partial charge on any atom is -0.497 e. The first-order chi connectivity index (χ1) is 10.0. The molecular weight excluding hydrogens is 340 g/mol. The van der Waals surface area contributed by atoms with Crippen molar-refractivity contribution < 1.29 is 19.4 Å². The van der Waals surface area contributed by atoms with Crippen molar-refractivity contribution in [1.29, 1.82) is 0 Å². The van der Waals surface area contributed by atoms with E-state index in [1.54, 1.807) is 25.3 Å².